The highest BCUT2D eigenvalue weighted by atomic mass is 35.5. The van der Waals surface area contributed by atoms with Crippen molar-refractivity contribution in [3.63, 3.8) is 0 Å². The standard InChI is InChI=1S/C18H20ClN3O/c19-18-4-2-1-3-16(18)14-21-9-11-22(12-10-21)20-13-15-5-7-17(23)8-6-15/h1-8,13,23H,9-12,14H2/b20-13-. The lowest BCUT2D eigenvalue weighted by atomic mass is 10.2. The molecule has 0 radical (unpaired) electrons. The van der Waals surface area contributed by atoms with Crippen LogP contribution in [0.15, 0.2) is 53.6 Å². The van der Waals surface area contributed by atoms with Crippen molar-refractivity contribution in [2.75, 3.05) is 26.2 Å². The summed E-state index contributed by atoms with van der Waals surface area (Å²) in [5, 5.41) is 16.7. The lowest BCUT2D eigenvalue weighted by molar-refractivity contribution is 0.131. The predicted molar refractivity (Wildman–Crippen MR) is 94.0 cm³/mol. The normalized spacial score (nSPS) is 16.1. The molecule has 1 saturated heterocycles. The zero-order valence-electron chi connectivity index (χ0n) is 12.9. The zero-order chi connectivity index (χ0) is 16.1. The quantitative estimate of drug-likeness (QED) is 0.876. The molecule has 0 saturated carbocycles. The molecule has 0 spiro atoms. The van der Waals surface area contributed by atoms with Crippen LogP contribution in [0.2, 0.25) is 5.02 Å². The van der Waals surface area contributed by atoms with E-state index in [2.05, 4.69) is 21.1 Å². The van der Waals surface area contributed by atoms with Gasteiger partial charge in [0.05, 0.1) is 6.21 Å². The Balaban J connectivity index is 1.50. The fraction of sp³-hybridized carbons (Fsp3) is 0.278. The lowest BCUT2D eigenvalue weighted by Gasteiger charge is -2.33. The van der Waals surface area contributed by atoms with E-state index < -0.39 is 0 Å². The summed E-state index contributed by atoms with van der Waals surface area (Å²) in [4.78, 5) is 2.40. The fourth-order valence-corrected chi connectivity index (χ4v) is 2.78. The van der Waals surface area contributed by atoms with E-state index in [9.17, 15) is 5.11 Å². The van der Waals surface area contributed by atoms with E-state index in [1.54, 1.807) is 12.1 Å². The Morgan fingerprint density at radius 2 is 1.70 bits per heavy atom. The van der Waals surface area contributed by atoms with Crippen molar-refractivity contribution in [3.8, 4) is 5.75 Å². The van der Waals surface area contributed by atoms with E-state index in [-0.39, 0.29) is 5.75 Å². The van der Waals surface area contributed by atoms with Crippen LogP contribution in [0, 0.1) is 0 Å². The number of hydrazone groups is 1. The summed E-state index contributed by atoms with van der Waals surface area (Å²) in [6, 6.07) is 15.1. The van der Waals surface area contributed by atoms with Gasteiger partial charge in [-0.3, -0.25) is 9.91 Å². The Labute approximate surface area is 141 Å². The number of benzene rings is 2. The number of piperazine rings is 1. The Kier molecular flexibility index (Phi) is 5.16. The molecule has 4 nitrogen and oxygen atoms in total. The summed E-state index contributed by atoms with van der Waals surface area (Å²) in [5.74, 6) is 0.273. The highest BCUT2D eigenvalue weighted by molar-refractivity contribution is 6.31. The van der Waals surface area contributed by atoms with Crippen molar-refractivity contribution in [2.24, 2.45) is 5.10 Å². The van der Waals surface area contributed by atoms with Crippen molar-refractivity contribution in [3.05, 3.63) is 64.7 Å². The molecule has 0 bridgehead atoms. The molecule has 1 aliphatic heterocycles. The van der Waals surface area contributed by atoms with Gasteiger partial charge in [-0.1, -0.05) is 29.8 Å². The van der Waals surface area contributed by atoms with E-state index in [0.717, 1.165) is 43.3 Å². The van der Waals surface area contributed by atoms with Crippen LogP contribution >= 0.6 is 11.6 Å². The molecule has 0 unspecified atom stereocenters. The van der Waals surface area contributed by atoms with Gasteiger partial charge in [-0.05, 0) is 41.5 Å². The Morgan fingerprint density at radius 3 is 2.39 bits per heavy atom. The van der Waals surface area contributed by atoms with Crippen LogP contribution in [0.4, 0.5) is 0 Å². The molecule has 0 amide bonds. The molecule has 3 rings (SSSR count). The van der Waals surface area contributed by atoms with Crippen LogP contribution in [0.3, 0.4) is 0 Å². The van der Waals surface area contributed by atoms with Crippen molar-refractivity contribution in [2.45, 2.75) is 6.54 Å². The molecule has 5 heteroatoms. The van der Waals surface area contributed by atoms with Gasteiger partial charge in [0.2, 0.25) is 0 Å². The molecular weight excluding hydrogens is 310 g/mol. The van der Waals surface area contributed by atoms with E-state index in [0.29, 0.717) is 0 Å². The van der Waals surface area contributed by atoms with Crippen LogP contribution in [0.5, 0.6) is 5.75 Å². The number of phenols is 1. The maximum Gasteiger partial charge on any atom is 0.115 e. The molecule has 0 aromatic heterocycles. The third kappa shape index (κ3) is 4.47. The SMILES string of the molecule is Oc1ccc(/C=N\N2CCN(Cc3ccccc3Cl)CC2)cc1. The van der Waals surface area contributed by atoms with E-state index >= 15 is 0 Å². The van der Waals surface area contributed by atoms with Gasteiger partial charge in [-0.15, -0.1) is 0 Å². The second-order valence-corrected chi connectivity index (χ2v) is 6.06. The molecule has 23 heavy (non-hydrogen) atoms. The average molecular weight is 330 g/mol. The zero-order valence-corrected chi connectivity index (χ0v) is 13.7. The first-order valence-electron chi connectivity index (χ1n) is 7.74. The second-order valence-electron chi connectivity index (χ2n) is 5.66. The summed E-state index contributed by atoms with van der Waals surface area (Å²) in [5.41, 5.74) is 2.16. The third-order valence-corrected chi connectivity index (χ3v) is 4.33. The minimum absolute atomic E-state index is 0.273. The van der Waals surface area contributed by atoms with Crippen LogP contribution < -0.4 is 0 Å². The van der Waals surface area contributed by atoms with Crippen molar-refractivity contribution < 1.29 is 5.11 Å². The molecule has 1 heterocycles. The second kappa shape index (κ2) is 7.49. The molecule has 2 aromatic rings. The van der Waals surface area contributed by atoms with Crippen molar-refractivity contribution in [1.82, 2.24) is 9.91 Å². The smallest absolute Gasteiger partial charge is 0.115 e. The van der Waals surface area contributed by atoms with E-state index in [1.807, 2.05) is 36.5 Å². The van der Waals surface area contributed by atoms with Crippen LogP contribution in [-0.4, -0.2) is 47.4 Å². The molecular formula is C18H20ClN3O. The number of aromatic hydroxyl groups is 1. The first-order valence-corrected chi connectivity index (χ1v) is 8.12. The van der Waals surface area contributed by atoms with Crippen LogP contribution in [-0.2, 0) is 6.54 Å². The van der Waals surface area contributed by atoms with Crippen LogP contribution in [0.25, 0.3) is 0 Å². The summed E-state index contributed by atoms with van der Waals surface area (Å²) in [7, 11) is 0. The highest BCUT2D eigenvalue weighted by Crippen LogP contribution is 2.18. The maximum atomic E-state index is 9.27. The highest BCUT2D eigenvalue weighted by Gasteiger charge is 2.16. The fourth-order valence-electron chi connectivity index (χ4n) is 2.59. The molecule has 0 atom stereocenters. The summed E-state index contributed by atoms with van der Waals surface area (Å²) in [6.45, 7) is 4.63. The van der Waals surface area contributed by atoms with Gasteiger partial charge in [0.15, 0.2) is 0 Å². The number of rotatable bonds is 4. The first-order chi connectivity index (χ1) is 11.2. The van der Waals surface area contributed by atoms with Gasteiger partial charge in [0.1, 0.15) is 5.75 Å². The minimum Gasteiger partial charge on any atom is -0.508 e. The largest absolute Gasteiger partial charge is 0.508 e. The average Bonchev–Trinajstić information content (AvgIpc) is 2.58. The van der Waals surface area contributed by atoms with Gasteiger partial charge in [0.25, 0.3) is 0 Å². The van der Waals surface area contributed by atoms with Gasteiger partial charge in [-0.25, -0.2) is 0 Å². The Hall–Kier alpha value is -2.04. The van der Waals surface area contributed by atoms with Gasteiger partial charge in [0, 0.05) is 37.7 Å². The first kappa shape index (κ1) is 15.8. The maximum absolute atomic E-state index is 9.27. The number of phenolic OH excluding ortho intramolecular Hbond substituents is 1. The molecule has 2 aromatic carbocycles. The third-order valence-electron chi connectivity index (χ3n) is 3.96. The molecule has 120 valence electrons. The minimum atomic E-state index is 0.273. The Morgan fingerprint density at radius 1 is 1.00 bits per heavy atom. The molecule has 1 fully saturated rings. The van der Waals surface area contributed by atoms with Gasteiger partial charge in [-0.2, -0.15) is 5.10 Å². The number of hydrogen-bond acceptors (Lipinski definition) is 4. The molecule has 0 aliphatic carbocycles. The number of hydrogen-bond donors (Lipinski definition) is 1. The summed E-state index contributed by atoms with van der Waals surface area (Å²) >= 11 is 6.22. The predicted octanol–water partition coefficient (Wildman–Crippen LogP) is 3.20. The lowest BCUT2D eigenvalue weighted by Crippen LogP contribution is -2.43. The monoisotopic (exact) mass is 329 g/mol. The van der Waals surface area contributed by atoms with E-state index in [1.165, 1.54) is 5.56 Å². The summed E-state index contributed by atoms with van der Waals surface area (Å²) < 4.78 is 0. The van der Waals surface area contributed by atoms with Crippen molar-refractivity contribution >= 4 is 17.8 Å². The number of halogens is 1. The van der Waals surface area contributed by atoms with E-state index in [4.69, 9.17) is 11.6 Å². The number of nitrogens with zero attached hydrogens (tertiary/aromatic N) is 3. The van der Waals surface area contributed by atoms with Crippen LogP contribution in [0.1, 0.15) is 11.1 Å². The Bertz CT molecular complexity index is 664. The van der Waals surface area contributed by atoms with Gasteiger partial charge < -0.3 is 5.11 Å². The van der Waals surface area contributed by atoms with Crippen molar-refractivity contribution in [1.29, 1.82) is 0 Å². The topological polar surface area (TPSA) is 39.1 Å². The molecule has 1 aliphatic rings. The van der Waals surface area contributed by atoms with Gasteiger partial charge >= 0.3 is 0 Å². The summed E-state index contributed by atoms with van der Waals surface area (Å²) in [6.07, 6.45) is 1.84. The molecule has 1 N–H and O–H groups in total.